The Morgan fingerprint density at radius 1 is 1.25 bits per heavy atom. The van der Waals surface area contributed by atoms with Crippen LogP contribution in [0.5, 0.6) is 0 Å². The van der Waals surface area contributed by atoms with Gasteiger partial charge in [-0.2, -0.15) is 17.0 Å². The summed E-state index contributed by atoms with van der Waals surface area (Å²) in [5.41, 5.74) is 5.38. The molecule has 0 rings (SSSR count). The van der Waals surface area contributed by atoms with E-state index in [1.165, 1.54) is 8.61 Å². The van der Waals surface area contributed by atoms with Crippen LogP contribution in [0.1, 0.15) is 33.6 Å². The monoisotopic (exact) mass is 251 g/mol. The average Bonchev–Trinajstić information content (AvgIpc) is 2.21. The van der Waals surface area contributed by atoms with Crippen molar-refractivity contribution in [2.45, 2.75) is 39.7 Å². The molecule has 0 heterocycles. The van der Waals surface area contributed by atoms with Crippen molar-refractivity contribution < 1.29 is 8.42 Å². The molecule has 0 bridgehead atoms. The predicted molar refractivity (Wildman–Crippen MR) is 67.4 cm³/mol. The summed E-state index contributed by atoms with van der Waals surface area (Å²) in [5.74, 6) is 0. The van der Waals surface area contributed by atoms with Crippen molar-refractivity contribution in [3.05, 3.63) is 0 Å². The third-order valence-electron chi connectivity index (χ3n) is 2.39. The number of hydrogen-bond donors (Lipinski definition) is 1. The van der Waals surface area contributed by atoms with Crippen molar-refractivity contribution in [1.82, 2.24) is 8.61 Å². The molecule has 0 aromatic rings. The van der Waals surface area contributed by atoms with Gasteiger partial charge >= 0.3 is 0 Å². The lowest BCUT2D eigenvalue weighted by atomic mass is 10.4. The van der Waals surface area contributed by atoms with Gasteiger partial charge in [0.25, 0.3) is 10.2 Å². The normalized spacial score (nSPS) is 13.0. The summed E-state index contributed by atoms with van der Waals surface area (Å²) in [4.78, 5) is 0. The van der Waals surface area contributed by atoms with E-state index in [0.717, 1.165) is 6.42 Å². The molecule has 0 saturated carbocycles. The molecular weight excluding hydrogens is 226 g/mol. The van der Waals surface area contributed by atoms with Crippen molar-refractivity contribution in [2.24, 2.45) is 5.73 Å². The van der Waals surface area contributed by atoms with Crippen LogP contribution in [-0.2, 0) is 10.2 Å². The van der Waals surface area contributed by atoms with Crippen molar-refractivity contribution in [2.75, 3.05) is 26.7 Å². The number of rotatable bonds is 8. The molecule has 6 heteroatoms. The fraction of sp³-hybridized carbons (Fsp3) is 1.00. The van der Waals surface area contributed by atoms with Crippen molar-refractivity contribution >= 4 is 10.2 Å². The fourth-order valence-corrected chi connectivity index (χ4v) is 3.13. The quantitative estimate of drug-likeness (QED) is 0.688. The molecule has 2 N–H and O–H groups in total. The largest absolute Gasteiger partial charge is 0.330 e. The minimum atomic E-state index is -3.32. The first-order chi connectivity index (χ1) is 7.37. The lowest BCUT2D eigenvalue weighted by Crippen LogP contribution is -2.46. The van der Waals surface area contributed by atoms with E-state index in [1.54, 1.807) is 7.05 Å². The summed E-state index contributed by atoms with van der Waals surface area (Å²) >= 11 is 0. The molecule has 0 amide bonds. The van der Waals surface area contributed by atoms with Gasteiger partial charge in [0, 0.05) is 26.2 Å². The molecule has 0 fully saturated rings. The van der Waals surface area contributed by atoms with Crippen molar-refractivity contribution in [3.8, 4) is 0 Å². The summed E-state index contributed by atoms with van der Waals surface area (Å²) in [7, 11) is -1.72. The second kappa shape index (κ2) is 7.21. The maximum absolute atomic E-state index is 12.2. The molecule has 0 aliphatic rings. The Bertz CT molecular complexity index is 278. The Kier molecular flexibility index (Phi) is 7.14. The van der Waals surface area contributed by atoms with Crippen LogP contribution in [0.15, 0.2) is 0 Å². The Morgan fingerprint density at radius 3 is 2.19 bits per heavy atom. The zero-order valence-electron chi connectivity index (χ0n) is 10.8. The molecule has 5 nitrogen and oxygen atoms in total. The highest BCUT2D eigenvalue weighted by molar-refractivity contribution is 7.86. The van der Waals surface area contributed by atoms with Crippen LogP contribution in [0.3, 0.4) is 0 Å². The van der Waals surface area contributed by atoms with Gasteiger partial charge in [0.1, 0.15) is 0 Å². The molecule has 0 unspecified atom stereocenters. The van der Waals surface area contributed by atoms with E-state index in [4.69, 9.17) is 5.73 Å². The molecule has 0 saturated heterocycles. The summed E-state index contributed by atoms with van der Waals surface area (Å²) in [6.07, 6.45) is 1.51. The average molecular weight is 251 g/mol. The lowest BCUT2D eigenvalue weighted by molar-refractivity contribution is 0.317. The van der Waals surface area contributed by atoms with Gasteiger partial charge < -0.3 is 5.73 Å². The van der Waals surface area contributed by atoms with Gasteiger partial charge in [0.15, 0.2) is 0 Å². The van der Waals surface area contributed by atoms with Crippen LogP contribution in [0.25, 0.3) is 0 Å². The van der Waals surface area contributed by atoms with Crippen LogP contribution < -0.4 is 5.73 Å². The zero-order valence-corrected chi connectivity index (χ0v) is 11.6. The fourth-order valence-electron chi connectivity index (χ4n) is 1.47. The van der Waals surface area contributed by atoms with E-state index in [-0.39, 0.29) is 6.04 Å². The van der Waals surface area contributed by atoms with Crippen LogP contribution in [0.4, 0.5) is 0 Å². The van der Waals surface area contributed by atoms with Gasteiger partial charge in [-0.15, -0.1) is 0 Å². The highest BCUT2D eigenvalue weighted by atomic mass is 32.2. The van der Waals surface area contributed by atoms with Gasteiger partial charge in [0.05, 0.1) is 0 Å². The topological polar surface area (TPSA) is 66.6 Å². The summed E-state index contributed by atoms with van der Waals surface area (Å²) in [5, 5.41) is 0. The number of nitrogens with zero attached hydrogens (tertiary/aromatic N) is 2. The first-order valence-electron chi connectivity index (χ1n) is 5.81. The molecule has 0 atom stereocenters. The standard InChI is InChI=1S/C10H25N3O2S/c1-5-8-13(10(2)3)16(14,15)12(4)9-6-7-11/h10H,5-9,11H2,1-4H3. The van der Waals surface area contributed by atoms with Gasteiger partial charge in [-0.3, -0.25) is 0 Å². The van der Waals surface area contributed by atoms with E-state index < -0.39 is 10.2 Å². The van der Waals surface area contributed by atoms with Gasteiger partial charge in [-0.05, 0) is 33.2 Å². The second-order valence-corrected chi connectivity index (χ2v) is 6.16. The minimum absolute atomic E-state index is 0.00900. The Morgan fingerprint density at radius 2 is 1.81 bits per heavy atom. The van der Waals surface area contributed by atoms with E-state index in [1.807, 2.05) is 20.8 Å². The highest BCUT2D eigenvalue weighted by Crippen LogP contribution is 2.11. The number of nitrogens with two attached hydrogens (primary N) is 1. The third kappa shape index (κ3) is 4.37. The first-order valence-corrected chi connectivity index (χ1v) is 7.20. The first kappa shape index (κ1) is 15.8. The minimum Gasteiger partial charge on any atom is -0.330 e. The predicted octanol–water partition coefficient (Wildman–Crippen LogP) is 0.632. The van der Waals surface area contributed by atoms with Crippen molar-refractivity contribution in [1.29, 1.82) is 0 Å². The Labute approximate surface area is 99.8 Å². The van der Waals surface area contributed by atoms with Crippen LogP contribution in [0.2, 0.25) is 0 Å². The number of hydrogen-bond acceptors (Lipinski definition) is 3. The molecule has 16 heavy (non-hydrogen) atoms. The zero-order chi connectivity index (χ0) is 12.8. The van der Waals surface area contributed by atoms with Crippen molar-refractivity contribution in [3.63, 3.8) is 0 Å². The van der Waals surface area contributed by atoms with E-state index in [2.05, 4.69) is 0 Å². The molecule has 0 spiro atoms. The van der Waals surface area contributed by atoms with E-state index in [0.29, 0.717) is 26.1 Å². The molecule has 0 aromatic heterocycles. The van der Waals surface area contributed by atoms with Gasteiger partial charge in [-0.1, -0.05) is 6.92 Å². The SMILES string of the molecule is CCCN(C(C)C)S(=O)(=O)N(C)CCCN. The second-order valence-electron chi connectivity index (χ2n) is 4.18. The van der Waals surface area contributed by atoms with Crippen LogP contribution in [-0.4, -0.2) is 49.8 Å². The smallest absolute Gasteiger partial charge is 0.281 e. The maximum Gasteiger partial charge on any atom is 0.281 e. The van der Waals surface area contributed by atoms with Crippen LogP contribution in [0, 0.1) is 0 Å². The summed E-state index contributed by atoms with van der Waals surface area (Å²) < 4.78 is 27.3. The molecule has 0 aliphatic heterocycles. The molecule has 0 aliphatic carbocycles. The van der Waals surface area contributed by atoms with E-state index >= 15 is 0 Å². The third-order valence-corrected chi connectivity index (χ3v) is 4.55. The molecule has 0 aromatic carbocycles. The Hall–Kier alpha value is -0.170. The van der Waals surface area contributed by atoms with E-state index in [9.17, 15) is 8.42 Å². The molecule has 98 valence electrons. The summed E-state index contributed by atoms with van der Waals surface area (Å²) in [6, 6.07) is -0.00900. The summed E-state index contributed by atoms with van der Waals surface area (Å²) in [6.45, 7) is 7.31. The molecule has 0 radical (unpaired) electrons. The Balaban J connectivity index is 4.70. The lowest BCUT2D eigenvalue weighted by Gasteiger charge is -2.30. The molecular formula is C10H25N3O2S. The highest BCUT2D eigenvalue weighted by Gasteiger charge is 2.27. The van der Waals surface area contributed by atoms with Gasteiger partial charge in [-0.25, -0.2) is 0 Å². The van der Waals surface area contributed by atoms with Gasteiger partial charge in [0.2, 0.25) is 0 Å². The maximum atomic E-state index is 12.2. The van der Waals surface area contributed by atoms with Crippen LogP contribution >= 0.6 is 0 Å².